The molecule has 174 valence electrons. The summed E-state index contributed by atoms with van der Waals surface area (Å²) in [5, 5.41) is 34.4. The summed E-state index contributed by atoms with van der Waals surface area (Å²) in [5.74, 6) is 0.290. The van der Waals surface area contributed by atoms with Gasteiger partial charge in [-0.15, -0.1) is 10.2 Å². The van der Waals surface area contributed by atoms with Crippen molar-refractivity contribution in [1.29, 1.82) is 5.26 Å². The van der Waals surface area contributed by atoms with Crippen LogP contribution in [0.15, 0.2) is 59.2 Å². The summed E-state index contributed by atoms with van der Waals surface area (Å²) in [5.41, 5.74) is 0.369. The number of nitriles is 1. The number of azo groups is 1. The van der Waals surface area contributed by atoms with Gasteiger partial charge in [0.05, 0.1) is 18.9 Å². The second-order valence-electron chi connectivity index (χ2n) is 7.86. The van der Waals surface area contributed by atoms with Crippen LogP contribution < -0.4 is 4.74 Å². The van der Waals surface area contributed by atoms with Crippen molar-refractivity contribution in [3.63, 3.8) is 0 Å². The van der Waals surface area contributed by atoms with E-state index in [2.05, 4.69) is 25.3 Å². The number of hydrogen-bond acceptors (Lipinski definition) is 9. The van der Waals surface area contributed by atoms with Crippen LogP contribution in [-0.4, -0.2) is 55.9 Å². The Morgan fingerprint density at radius 3 is 2.66 bits per heavy atom. The first kappa shape index (κ1) is 22.0. The number of aromatic hydroxyl groups is 1. The fourth-order valence-corrected chi connectivity index (χ4v) is 4.01. The highest BCUT2D eigenvalue weighted by molar-refractivity contribution is 6.11. The SMILES string of the molecule is COc1ccc2cc(/N=N/c3c(C#N)cnn3-c3ncccn3)c(O)c(C(=O)N3CCCC3)c2c1. The number of likely N-dealkylation sites (tertiary alicyclic amines) is 1. The topological polar surface area (TPSA) is 142 Å². The zero-order valence-electron chi connectivity index (χ0n) is 18.8. The van der Waals surface area contributed by atoms with E-state index in [0.717, 1.165) is 12.8 Å². The van der Waals surface area contributed by atoms with Crippen molar-refractivity contribution in [3.05, 3.63) is 60.0 Å². The minimum Gasteiger partial charge on any atom is -0.505 e. The number of phenolic OH excluding ortho intramolecular Hbond substituents is 1. The van der Waals surface area contributed by atoms with Gasteiger partial charge in [0.25, 0.3) is 11.9 Å². The Kier molecular flexibility index (Phi) is 5.76. The molecule has 1 saturated heterocycles. The third-order valence-electron chi connectivity index (χ3n) is 5.77. The summed E-state index contributed by atoms with van der Waals surface area (Å²) in [4.78, 5) is 23.4. The van der Waals surface area contributed by atoms with Gasteiger partial charge in [-0.25, -0.2) is 9.97 Å². The van der Waals surface area contributed by atoms with Crippen molar-refractivity contribution in [3.8, 4) is 23.5 Å². The highest BCUT2D eigenvalue weighted by Gasteiger charge is 2.26. The van der Waals surface area contributed by atoms with E-state index in [1.807, 2.05) is 6.07 Å². The van der Waals surface area contributed by atoms with Crippen LogP contribution in [0.1, 0.15) is 28.8 Å². The molecule has 1 aliphatic rings. The number of fused-ring (bicyclic) bond motifs is 1. The van der Waals surface area contributed by atoms with Crippen LogP contribution in [0.3, 0.4) is 0 Å². The number of benzene rings is 2. The average Bonchev–Trinajstić information content (AvgIpc) is 3.57. The van der Waals surface area contributed by atoms with Gasteiger partial charge < -0.3 is 14.7 Å². The molecule has 1 N–H and O–H groups in total. The molecule has 2 aromatic carbocycles. The summed E-state index contributed by atoms with van der Waals surface area (Å²) in [6.45, 7) is 1.24. The fraction of sp³-hybridized carbons (Fsp3) is 0.208. The smallest absolute Gasteiger partial charge is 0.258 e. The first-order valence-electron chi connectivity index (χ1n) is 10.9. The van der Waals surface area contributed by atoms with Crippen LogP contribution in [0.5, 0.6) is 11.5 Å². The van der Waals surface area contributed by atoms with Gasteiger partial charge in [0, 0.05) is 30.9 Å². The number of hydrogen-bond donors (Lipinski definition) is 1. The molecule has 0 atom stereocenters. The standard InChI is InChI=1S/C24H20N8O3/c1-35-17-6-5-15-11-19(21(33)20(18(15)12-17)23(34)31-9-2-3-10-31)29-30-22-16(13-25)14-28-32(22)24-26-7-4-8-27-24/h4-8,11-12,14,33H,2-3,9-10H2,1H3/b30-29+. The van der Waals surface area contributed by atoms with E-state index in [4.69, 9.17) is 4.74 Å². The number of rotatable bonds is 5. The van der Waals surface area contributed by atoms with Crippen LogP contribution in [0, 0.1) is 11.3 Å². The quantitative estimate of drug-likeness (QED) is 0.435. The number of amides is 1. The molecule has 35 heavy (non-hydrogen) atoms. The molecule has 1 amide bonds. The first-order chi connectivity index (χ1) is 17.1. The maximum atomic E-state index is 13.4. The summed E-state index contributed by atoms with van der Waals surface area (Å²) < 4.78 is 6.61. The third-order valence-corrected chi connectivity index (χ3v) is 5.77. The Labute approximate surface area is 199 Å². The lowest BCUT2D eigenvalue weighted by atomic mass is 10.0. The summed E-state index contributed by atoms with van der Waals surface area (Å²) in [6.07, 6.45) is 6.23. The maximum Gasteiger partial charge on any atom is 0.258 e. The van der Waals surface area contributed by atoms with Crippen LogP contribution in [-0.2, 0) is 0 Å². The number of methoxy groups -OCH3 is 1. The van der Waals surface area contributed by atoms with Gasteiger partial charge in [-0.3, -0.25) is 4.79 Å². The number of carbonyl (C=O) groups excluding carboxylic acids is 1. The van der Waals surface area contributed by atoms with Crippen LogP contribution in [0.2, 0.25) is 0 Å². The number of nitrogens with zero attached hydrogens (tertiary/aromatic N) is 8. The zero-order valence-corrected chi connectivity index (χ0v) is 18.8. The van der Waals surface area contributed by atoms with Crippen molar-refractivity contribution in [2.24, 2.45) is 10.2 Å². The normalized spacial score (nSPS) is 13.4. The molecule has 0 saturated carbocycles. The van der Waals surface area contributed by atoms with Gasteiger partial charge in [-0.1, -0.05) is 6.07 Å². The highest BCUT2D eigenvalue weighted by atomic mass is 16.5. The van der Waals surface area contributed by atoms with Crippen molar-refractivity contribution in [2.75, 3.05) is 20.2 Å². The lowest BCUT2D eigenvalue weighted by Gasteiger charge is -2.18. The van der Waals surface area contributed by atoms with Crippen LogP contribution in [0.4, 0.5) is 11.5 Å². The number of carbonyl (C=O) groups is 1. The van der Waals surface area contributed by atoms with Crippen molar-refractivity contribution in [1.82, 2.24) is 24.6 Å². The number of ether oxygens (including phenoxy) is 1. The number of aromatic nitrogens is 4. The second-order valence-corrected chi connectivity index (χ2v) is 7.86. The lowest BCUT2D eigenvalue weighted by Crippen LogP contribution is -2.27. The molecule has 5 rings (SSSR count). The molecule has 0 aliphatic carbocycles. The fourth-order valence-electron chi connectivity index (χ4n) is 4.01. The van der Waals surface area contributed by atoms with Gasteiger partial charge in [-0.05, 0) is 42.5 Å². The van der Waals surface area contributed by atoms with Gasteiger partial charge in [0.15, 0.2) is 11.6 Å². The first-order valence-corrected chi connectivity index (χ1v) is 10.9. The van der Waals surface area contributed by atoms with Crippen LogP contribution >= 0.6 is 0 Å². The molecule has 0 unspecified atom stereocenters. The Bertz CT molecular complexity index is 1480. The summed E-state index contributed by atoms with van der Waals surface area (Å²) in [6, 6.07) is 10.6. The molecule has 0 spiro atoms. The van der Waals surface area contributed by atoms with Crippen LogP contribution in [0.25, 0.3) is 16.7 Å². The van der Waals surface area contributed by atoms with Crippen molar-refractivity contribution in [2.45, 2.75) is 12.8 Å². The minimum atomic E-state index is -0.299. The molecule has 1 fully saturated rings. The Hall–Kier alpha value is -4.85. The molecular formula is C24H20N8O3. The van der Waals surface area contributed by atoms with Crippen molar-refractivity contribution >= 4 is 28.2 Å². The molecular weight excluding hydrogens is 448 g/mol. The Balaban J connectivity index is 1.65. The molecule has 2 aromatic heterocycles. The van der Waals surface area contributed by atoms with Crippen molar-refractivity contribution < 1.29 is 14.6 Å². The van der Waals surface area contributed by atoms with E-state index in [1.165, 1.54) is 30.4 Å². The van der Waals surface area contributed by atoms with E-state index in [1.54, 1.807) is 35.2 Å². The minimum absolute atomic E-state index is 0.0795. The van der Waals surface area contributed by atoms with Gasteiger partial charge >= 0.3 is 0 Å². The molecule has 0 radical (unpaired) electrons. The van der Waals surface area contributed by atoms with E-state index in [0.29, 0.717) is 29.6 Å². The predicted octanol–water partition coefficient (Wildman–Crippen LogP) is 4.05. The second kappa shape index (κ2) is 9.18. The summed E-state index contributed by atoms with van der Waals surface area (Å²) in [7, 11) is 1.54. The molecule has 1 aliphatic heterocycles. The van der Waals surface area contributed by atoms with Gasteiger partial charge in [0.2, 0.25) is 0 Å². The van der Waals surface area contributed by atoms with E-state index >= 15 is 0 Å². The molecule has 3 heterocycles. The van der Waals surface area contributed by atoms with Gasteiger partial charge in [-0.2, -0.15) is 15.0 Å². The largest absolute Gasteiger partial charge is 0.505 e. The Morgan fingerprint density at radius 1 is 1.17 bits per heavy atom. The summed E-state index contributed by atoms with van der Waals surface area (Å²) >= 11 is 0. The highest BCUT2D eigenvalue weighted by Crippen LogP contribution is 2.40. The van der Waals surface area contributed by atoms with E-state index in [-0.39, 0.29) is 40.2 Å². The predicted molar refractivity (Wildman–Crippen MR) is 125 cm³/mol. The molecule has 0 bridgehead atoms. The lowest BCUT2D eigenvalue weighted by molar-refractivity contribution is 0.0792. The van der Waals surface area contributed by atoms with E-state index < -0.39 is 0 Å². The molecule has 11 heteroatoms. The van der Waals surface area contributed by atoms with Gasteiger partial charge in [0.1, 0.15) is 23.1 Å². The molecule has 4 aromatic rings. The monoisotopic (exact) mass is 468 g/mol. The maximum absolute atomic E-state index is 13.4. The van der Waals surface area contributed by atoms with E-state index in [9.17, 15) is 15.2 Å². The molecule has 11 nitrogen and oxygen atoms in total. The Morgan fingerprint density at radius 2 is 1.94 bits per heavy atom. The number of phenols is 1. The average molecular weight is 468 g/mol. The third kappa shape index (κ3) is 4.02. The zero-order chi connectivity index (χ0) is 24.4.